The monoisotopic (exact) mass is 208 g/mol. The van der Waals surface area contributed by atoms with E-state index in [0.717, 1.165) is 19.4 Å². The molecular formula is C10H16N4O. The van der Waals surface area contributed by atoms with Gasteiger partial charge in [0.1, 0.15) is 0 Å². The van der Waals surface area contributed by atoms with Crippen molar-refractivity contribution in [2.45, 2.75) is 37.3 Å². The molecule has 0 amide bonds. The van der Waals surface area contributed by atoms with Crippen LogP contribution in [0.2, 0.25) is 0 Å². The summed E-state index contributed by atoms with van der Waals surface area (Å²) in [6.45, 7) is 2.23. The van der Waals surface area contributed by atoms with E-state index in [4.69, 9.17) is 10.3 Å². The number of hydrogen-bond donors (Lipinski definition) is 1. The van der Waals surface area contributed by atoms with Crippen LogP contribution in [-0.2, 0) is 5.54 Å². The summed E-state index contributed by atoms with van der Waals surface area (Å²) in [4.78, 5) is 6.60. The number of nitrogens with zero attached hydrogens (tertiary/aromatic N) is 3. The maximum absolute atomic E-state index is 6.45. The minimum atomic E-state index is -0.382. The Labute approximate surface area is 88.6 Å². The van der Waals surface area contributed by atoms with Gasteiger partial charge >= 0.3 is 0 Å². The van der Waals surface area contributed by atoms with Gasteiger partial charge in [-0.3, -0.25) is 4.90 Å². The minimum Gasteiger partial charge on any atom is -0.343 e. The molecule has 82 valence electrons. The molecule has 2 aliphatic heterocycles. The predicted molar refractivity (Wildman–Crippen MR) is 54.0 cm³/mol. The molecule has 0 aliphatic carbocycles. The quantitative estimate of drug-likeness (QED) is 0.727. The van der Waals surface area contributed by atoms with Gasteiger partial charge in [0.15, 0.2) is 5.82 Å². The Morgan fingerprint density at radius 2 is 2.40 bits per heavy atom. The number of fused-ring (bicyclic) bond motifs is 1. The molecule has 0 radical (unpaired) electrons. The van der Waals surface area contributed by atoms with E-state index in [1.54, 1.807) is 0 Å². The Balaban J connectivity index is 1.92. The zero-order chi connectivity index (χ0) is 10.3. The highest BCUT2D eigenvalue weighted by atomic mass is 16.5. The van der Waals surface area contributed by atoms with Gasteiger partial charge in [-0.25, -0.2) is 0 Å². The summed E-state index contributed by atoms with van der Waals surface area (Å²) in [6, 6.07) is 0.406. The molecule has 2 saturated heterocycles. The summed E-state index contributed by atoms with van der Waals surface area (Å²) in [5.74, 6) is 0.678. The van der Waals surface area contributed by atoms with Crippen LogP contribution in [0, 0.1) is 0 Å². The van der Waals surface area contributed by atoms with E-state index in [1.807, 2.05) is 0 Å². The SMILES string of the molecule is NC1(c2ncon2)CCN2CCCCC21. The van der Waals surface area contributed by atoms with E-state index < -0.39 is 0 Å². The number of nitrogens with two attached hydrogens (primary N) is 1. The van der Waals surface area contributed by atoms with Crippen LogP contribution < -0.4 is 5.73 Å². The minimum absolute atomic E-state index is 0.382. The fourth-order valence-corrected chi connectivity index (χ4v) is 2.97. The van der Waals surface area contributed by atoms with Crippen LogP contribution in [0.3, 0.4) is 0 Å². The second kappa shape index (κ2) is 3.28. The van der Waals surface area contributed by atoms with Crippen LogP contribution in [0.4, 0.5) is 0 Å². The first kappa shape index (κ1) is 9.30. The highest BCUT2D eigenvalue weighted by molar-refractivity contribution is 5.13. The molecule has 1 aromatic rings. The van der Waals surface area contributed by atoms with Crippen molar-refractivity contribution in [1.29, 1.82) is 0 Å². The maximum Gasteiger partial charge on any atom is 0.213 e. The molecule has 2 atom stereocenters. The highest BCUT2D eigenvalue weighted by Gasteiger charge is 2.48. The van der Waals surface area contributed by atoms with Gasteiger partial charge in [-0.15, -0.1) is 0 Å². The Hall–Kier alpha value is -0.940. The first-order chi connectivity index (χ1) is 7.31. The molecule has 2 fully saturated rings. The van der Waals surface area contributed by atoms with Crippen molar-refractivity contribution >= 4 is 0 Å². The zero-order valence-corrected chi connectivity index (χ0v) is 8.72. The van der Waals surface area contributed by atoms with Gasteiger partial charge < -0.3 is 10.3 Å². The van der Waals surface area contributed by atoms with Gasteiger partial charge in [0.2, 0.25) is 6.39 Å². The molecule has 5 heteroatoms. The molecule has 0 spiro atoms. The van der Waals surface area contributed by atoms with Crippen molar-refractivity contribution in [2.24, 2.45) is 5.73 Å². The maximum atomic E-state index is 6.45. The Morgan fingerprint density at radius 1 is 1.47 bits per heavy atom. The number of hydrogen-bond acceptors (Lipinski definition) is 5. The number of piperidine rings is 1. The third-order valence-corrected chi connectivity index (χ3v) is 3.80. The van der Waals surface area contributed by atoms with Crippen molar-refractivity contribution in [2.75, 3.05) is 13.1 Å². The Morgan fingerprint density at radius 3 is 3.20 bits per heavy atom. The summed E-state index contributed by atoms with van der Waals surface area (Å²) in [5, 5.41) is 3.92. The van der Waals surface area contributed by atoms with Crippen LogP contribution in [0.5, 0.6) is 0 Å². The van der Waals surface area contributed by atoms with E-state index in [1.165, 1.54) is 25.8 Å². The van der Waals surface area contributed by atoms with E-state index in [0.29, 0.717) is 11.9 Å². The normalized spacial score (nSPS) is 36.7. The van der Waals surface area contributed by atoms with Gasteiger partial charge in [-0.2, -0.15) is 4.98 Å². The standard InChI is InChI=1S/C10H16N4O/c11-10(9-12-7-15-13-9)4-6-14-5-2-1-3-8(10)14/h7-8H,1-6,11H2. The van der Waals surface area contributed by atoms with Gasteiger partial charge in [-0.1, -0.05) is 11.6 Å². The smallest absolute Gasteiger partial charge is 0.213 e. The highest BCUT2D eigenvalue weighted by Crippen LogP contribution is 2.38. The van der Waals surface area contributed by atoms with Crippen LogP contribution >= 0.6 is 0 Å². The van der Waals surface area contributed by atoms with Crippen molar-refractivity contribution in [3.8, 4) is 0 Å². The second-order valence-electron chi connectivity index (χ2n) is 4.59. The van der Waals surface area contributed by atoms with Gasteiger partial charge in [0.25, 0.3) is 0 Å². The molecule has 0 aromatic carbocycles. The van der Waals surface area contributed by atoms with Gasteiger partial charge in [0.05, 0.1) is 5.54 Å². The summed E-state index contributed by atoms with van der Waals surface area (Å²) in [7, 11) is 0. The van der Waals surface area contributed by atoms with Crippen LogP contribution in [0.1, 0.15) is 31.5 Å². The Bertz CT molecular complexity index is 339. The van der Waals surface area contributed by atoms with Crippen molar-refractivity contribution in [3.63, 3.8) is 0 Å². The average molecular weight is 208 g/mol. The van der Waals surface area contributed by atoms with Crippen molar-refractivity contribution in [1.82, 2.24) is 15.0 Å². The van der Waals surface area contributed by atoms with Crippen LogP contribution in [0.25, 0.3) is 0 Å². The summed E-state index contributed by atoms with van der Waals surface area (Å²) >= 11 is 0. The lowest BCUT2D eigenvalue weighted by Crippen LogP contribution is -2.51. The summed E-state index contributed by atoms with van der Waals surface area (Å²) < 4.78 is 4.81. The fraction of sp³-hybridized carbons (Fsp3) is 0.800. The van der Waals surface area contributed by atoms with Crippen LogP contribution in [0.15, 0.2) is 10.9 Å². The van der Waals surface area contributed by atoms with Gasteiger partial charge in [0, 0.05) is 12.6 Å². The van der Waals surface area contributed by atoms with E-state index in [9.17, 15) is 0 Å². The molecule has 2 aliphatic rings. The topological polar surface area (TPSA) is 68.2 Å². The van der Waals surface area contributed by atoms with E-state index >= 15 is 0 Å². The largest absolute Gasteiger partial charge is 0.343 e. The molecule has 5 nitrogen and oxygen atoms in total. The Kier molecular flexibility index (Phi) is 2.03. The molecule has 0 bridgehead atoms. The van der Waals surface area contributed by atoms with Crippen molar-refractivity contribution < 1.29 is 4.52 Å². The molecule has 3 rings (SSSR count). The predicted octanol–water partition coefficient (Wildman–Crippen LogP) is 0.482. The zero-order valence-electron chi connectivity index (χ0n) is 8.72. The fourth-order valence-electron chi connectivity index (χ4n) is 2.97. The summed E-state index contributed by atoms with van der Waals surface area (Å²) in [5.41, 5.74) is 6.07. The molecule has 0 saturated carbocycles. The number of rotatable bonds is 1. The van der Waals surface area contributed by atoms with Crippen molar-refractivity contribution in [3.05, 3.63) is 12.2 Å². The van der Waals surface area contributed by atoms with E-state index in [-0.39, 0.29) is 5.54 Å². The molecule has 2 N–H and O–H groups in total. The van der Waals surface area contributed by atoms with E-state index in [2.05, 4.69) is 15.0 Å². The molecule has 2 unspecified atom stereocenters. The molecule has 3 heterocycles. The molecule has 1 aromatic heterocycles. The average Bonchev–Trinajstić information content (AvgIpc) is 2.88. The number of aromatic nitrogens is 2. The van der Waals surface area contributed by atoms with Crippen LogP contribution in [-0.4, -0.2) is 34.2 Å². The lowest BCUT2D eigenvalue weighted by Gasteiger charge is -2.36. The second-order valence-corrected chi connectivity index (χ2v) is 4.59. The first-order valence-corrected chi connectivity index (χ1v) is 5.60. The third kappa shape index (κ3) is 1.30. The molecular weight excluding hydrogens is 192 g/mol. The molecule has 15 heavy (non-hydrogen) atoms. The lowest BCUT2D eigenvalue weighted by molar-refractivity contribution is 0.151. The summed E-state index contributed by atoms with van der Waals surface area (Å²) in [6.07, 6.45) is 6.02. The first-order valence-electron chi connectivity index (χ1n) is 5.60. The lowest BCUT2D eigenvalue weighted by atomic mass is 9.86. The third-order valence-electron chi connectivity index (χ3n) is 3.80. The van der Waals surface area contributed by atoms with Gasteiger partial charge in [-0.05, 0) is 25.8 Å².